The molecule has 336 valence electrons. The predicted octanol–water partition coefficient (Wildman–Crippen LogP) is 5.49. The number of halogens is 7. The Morgan fingerprint density at radius 1 is 0.823 bits per heavy atom. The number of rotatable bonds is 12. The first-order chi connectivity index (χ1) is 29.2. The van der Waals surface area contributed by atoms with Gasteiger partial charge in [-0.25, -0.2) is 9.18 Å². The number of likely N-dealkylation sites (N-methyl/N-ethyl adjacent to an activating group) is 1. The van der Waals surface area contributed by atoms with Gasteiger partial charge in [0.05, 0.1) is 20.1 Å². The van der Waals surface area contributed by atoms with Crippen molar-refractivity contribution in [2.75, 3.05) is 66.0 Å². The van der Waals surface area contributed by atoms with Crippen molar-refractivity contribution in [1.82, 2.24) is 20.4 Å². The van der Waals surface area contributed by atoms with E-state index in [1.54, 1.807) is 6.07 Å². The zero-order chi connectivity index (χ0) is 45.5. The molecule has 0 aliphatic carbocycles. The number of piperazine rings is 2. The highest BCUT2D eigenvalue weighted by Gasteiger charge is 2.38. The van der Waals surface area contributed by atoms with E-state index in [-0.39, 0.29) is 11.7 Å². The number of para-hydroxylation sites is 1. The predicted molar refractivity (Wildman–Crippen MR) is 215 cm³/mol. The number of carbonyl (C=O) groups excluding carboxylic acids is 2. The molecule has 0 saturated carbocycles. The molecule has 2 fully saturated rings. The third kappa shape index (κ3) is 16.4. The minimum absolute atomic E-state index is 0.128. The monoisotopic (exact) mass is 877 g/mol. The molecule has 2 aliphatic rings. The van der Waals surface area contributed by atoms with Crippen molar-refractivity contribution in [3.05, 3.63) is 125 Å². The van der Waals surface area contributed by atoms with Gasteiger partial charge in [-0.05, 0) is 71.6 Å². The van der Waals surface area contributed by atoms with Gasteiger partial charge in [-0.3, -0.25) is 14.6 Å². The van der Waals surface area contributed by atoms with Gasteiger partial charge in [0, 0.05) is 69.5 Å². The van der Waals surface area contributed by atoms with Crippen LogP contribution in [0.25, 0.3) is 11.1 Å². The van der Waals surface area contributed by atoms with E-state index in [1.807, 2.05) is 66.7 Å². The van der Waals surface area contributed by atoms with Gasteiger partial charge in [0.1, 0.15) is 30.7 Å². The summed E-state index contributed by atoms with van der Waals surface area (Å²) in [5.74, 6) is -5.23. The zero-order valence-corrected chi connectivity index (χ0v) is 34.3. The number of nitrogens with zero attached hydrogens (tertiary/aromatic N) is 3. The second kappa shape index (κ2) is 22.5. The highest BCUT2D eigenvalue weighted by Crippen LogP contribution is 2.26. The lowest BCUT2D eigenvalue weighted by Gasteiger charge is -2.42. The molecule has 0 spiro atoms. The molecular weight excluding hydrogens is 827 g/mol. The molecule has 62 heavy (non-hydrogen) atoms. The molecule has 0 bridgehead atoms. The maximum atomic E-state index is 15.0. The van der Waals surface area contributed by atoms with Crippen molar-refractivity contribution >= 4 is 17.8 Å². The fraction of sp³-hybridized carbons (Fsp3) is 0.386. The number of carbonyl (C=O) groups is 3. The summed E-state index contributed by atoms with van der Waals surface area (Å²) in [6.07, 6.45) is -10.3. The van der Waals surface area contributed by atoms with Crippen molar-refractivity contribution in [1.29, 1.82) is 0 Å². The van der Waals surface area contributed by atoms with E-state index in [1.165, 1.54) is 11.6 Å². The van der Waals surface area contributed by atoms with Gasteiger partial charge >= 0.3 is 18.3 Å². The van der Waals surface area contributed by atoms with Gasteiger partial charge in [0.2, 0.25) is 0 Å². The van der Waals surface area contributed by atoms with Crippen LogP contribution in [0.5, 0.6) is 5.75 Å². The van der Waals surface area contributed by atoms with Crippen molar-refractivity contribution in [2.24, 2.45) is 0 Å². The second-order valence-electron chi connectivity index (χ2n) is 15.3. The lowest BCUT2D eigenvalue weighted by atomic mass is 10.00. The Balaban J connectivity index is 0.000000521. The number of carboxylic acids is 2. The van der Waals surface area contributed by atoms with Gasteiger partial charge in [-0.1, -0.05) is 54.6 Å². The van der Waals surface area contributed by atoms with Gasteiger partial charge in [-0.2, -0.15) is 26.3 Å². The van der Waals surface area contributed by atoms with Crippen LogP contribution in [0, 0.1) is 5.82 Å². The van der Waals surface area contributed by atoms with Gasteiger partial charge in [-0.15, -0.1) is 0 Å². The smallest absolute Gasteiger partial charge is 0.490 e. The first kappa shape index (κ1) is 49.1. The molecule has 11 nitrogen and oxygen atoms in total. The third-order valence-electron chi connectivity index (χ3n) is 10.2. The van der Waals surface area contributed by atoms with E-state index in [0.717, 1.165) is 92.4 Å². The number of benzene rings is 4. The number of hydrogen-bond donors (Lipinski definition) is 3. The fourth-order valence-electron chi connectivity index (χ4n) is 6.78. The summed E-state index contributed by atoms with van der Waals surface area (Å²) < 4.78 is 85.3. The van der Waals surface area contributed by atoms with Crippen LogP contribution >= 0.6 is 0 Å². The van der Waals surface area contributed by atoms with E-state index in [4.69, 9.17) is 24.5 Å². The van der Waals surface area contributed by atoms with E-state index in [2.05, 4.69) is 52.6 Å². The number of alkyl halides is 6. The van der Waals surface area contributed by atoms with Crippen molar-refractivity contribution in [3.63, 3.8) is 0 Å². The highest BCUT2D eigenvalue weighted by atomic mass is 19.4. The maximum absolute atomic E-state index is 15.0. The van der Waals surface area contributed by atoms with E-state index < -0.39 is 24.3 Å². The zero-order valence-electron chi connectivity index (χ0n) is 34.3. The third-order valence-corrected chi connectivity index (χ3v) is 10.2. The normalized spacial score (nSPS) is 16.8. The van der Waals surface area contributed by atoms with Crippen LogP contribution in [-0.2, 0) is 29.2 Å². The Bertz CT molecular complexity index is 2060. The van der Waals surface area contributed by atoms with Gasteiger partial charge < -0.3 is 34.9 Å². The van der Waals surface area contributed by atoms with Crippen LogP contribution in [0.1, 0.15) is 34.0 Å². The number of amides is 1. The summed E-state index contributed by atoms with van der Waals surface area (Å²) in [5.41, 5.74) is 5.21. The fourth-order valence-corrected chi connectivity index (χ4v) is 6.78. The van der Waals surface area contributed by atoms with Gasteiger partial charge in [0.15, 0.2) is 0 Å². The Morgan fingerprint density at radius 3 is 2.05 bits per heavy atom. The van der Waals surface area contributed by atoms with E-state index in [9.17, 15) is 31.1 Å². The lowest BCUT2D eigenvalue weighted by molar-refractivity contribution is -0.913. The molecule has 2 heterocycles. The average Bonchev–Trinajstić information content (AvgIpc) is 3.22. The maximum Gasteiger partial charge on any atom is 0.490 e. The summed E-state index contributed by atoms with van der Waals surface area (Å²) in [4.78, 5) is 35.8. The summed E-state index contributed by atoms with van der Waals surface area (Å²) in [7, 11) is 2.31. The molecule has 2 aliphatic heterocycles. The summed E-state index contributed by atoms with van der Waals surface area (Å²) in [6, 6.07) is 31.6. The largest absolute Gasteiger partial charge is 0.542 e. The quantitative estimate of drug-likeness (QED) is 0.125. The Morgan fingerprint density at radius 2 is 1.44 bits per heavy atom. The number of ether oxygens (including phenoxy) is 1. The molecule has 4 aromatic rings. The first-order valence-corrected chi connectivity index (χ1v) is 19.7. The molecule has 0 aromatic heterocycles. The number of aliphatic carboxylic acids is 2. The summed E-state index contributed by atoms with van der Waals surface area (Å²) >= 11 is 0. The Kier molecular flexibility index (Phi) is 17.8. The van der Waals surface area contributed by atoms with Crippen LogP contribution in [0.4, 0.5) is 30.7 Å². The van der Waals surface area contributed by atoms with E-state index in [0.29, 0.717) is 30.3 Å². The molecule has 1 atom stereocenters. The molecule has 0 unspecified atom stereocenters. The van der Waals surface area contributed by atoms with E-state index >= 15 is 4.39 Å². The number of hydrogen-bond acceptors (Lipinski definition) is 8. The average molecular weight is 878 g/mol. The van der Waals surface area contributed by atoms with Crippen LogP contribution < -0.4 is 20.5 Å². The molecule has 3 N–H and O–H groups in total. The van der Waals surface area contributed by atoms with Crippen molar-refractivity contribution in [2.45, 2.75) is 45.0 Å². The molecule has 1 amide bonds. The Labute approximate surface area is 355 Å². The van der Waals surface area contributed by atoms with Crippen molar-refractivity contribution < 1.29 is 64.5 Å². The molecule has 18 heteroatoms. The summed E-state index contributed by atoms with van der Waals surface area (Å²) in [5, 5.41) is 22.4. The minimum atomic E-state index is -5.19. The topological polar surface area (TPSA) is 134 Å². The number of carboxylic acid groups (broad SMARTS) is 2. The molecule has 0 radical (unpaired) electrons. The van der Waals surface area contributed by atoms with Crippen LogP contribution in [0.3, 0.4) is 0 Å². The SMILES string of the molecule is C[C@H]1CN(Cc2cccc(-c3cc(CNC(=O)c4cccc(CN5CC[N+](C)(CCOc6ccccc6)CC5)c4)ccc3F)c2)CCN1.O=C(O)C(F)(F)F.O=C([O-])C(F)(F)F. The number of nitrogens with one attached hydrogen (secondary N) is 2. The standard InChI is InChI=1S/C40H48FN5O2.2C2HF3O2/c1-31-28-45(17-16-42-31)30-33-8-6-10-35(24-33)38-26-32(14-15-39(38)41)27-43-40(47)36-11-7-9-34(25-36)29-44-18-20-46(2,21-19-44)22-23-48-37-12-4-3-5-13-37;2*3-2(4,5)1(6)7/h3-15,24-26,31,42H,16-23,27-30H2,1-2H3;2*(H,6,7)/t31-;;/m0../s1. The van der Waals surface area contributed by atoms with Crippen LogP contribution in [0.15, 0.2) is 97.1 Å². The van der Waals surface area contributed by atoms with Gasteiger partial charge in [0.25, 0.3) is 5.91 Å². The molecular formula is C44H50F7N5O6. The minimum Gasteiger partial charge on any atom is -0.542 e. The molecule has 2 saturated heterocycles. The van der Waals surface area contributed by atoms with Crippen LogP contribution in [-0.4, -0.2) is 122 Å². The Hall–Kier alpha value is -5.56. The lowest BCUT2D eigenvalue weighted by Crippen LogP contribution is -2.58. The molecule has 4 aromatic carbocycles. The van der Waals surface area contributed by atoms with Crippen LogP contribution in [0.2, 0.25) is 0 Å². The summed E-state index contributed by atoms with van der Waals surface area (Å²) in [6.45, 7) is 13.0. The first-order valence-electron chi connectivity index (χ1n) is 19.7. The van der Waals surface area contributed by atoms with Crippen molar-refractivity contribution in [3.8, 4) is 16.9 Å². The molecule has 6 rings (SSSR count). The second-order valence-corrected chi connectivity index (χ2v) is 15.3. The highest BCUT2D eigenvalue weighted by molar-refractivity contribution is 5.94. The number of quaternary nitrogens is 1.